The van der Waals surface area contributed by atoms with Gasteiger partial charge in [0.25, 0.3) is 0 Å². The summed E-state index contributed by atoms with van der Waals surface area (Å²) in [5.74, 6) is -1.57. The van der Waals surface area contributed by atoms with Crippen LogP contribution in [0.2, 0.25) is 0 Å². The predicted molar refractivity (Wildman–Crippen MR) is 111 cm³/mol. The Morgan fingerprint density at radius 1 is 1.07 bits per heavy atom. The molecule has 0 aliphatic carbocycles. The van der Waals surface area contributed by atoms with Gasteiger partial charge in [-0.3, -0.25) is 9.59 Å². The molecule has 0 saturated carbocycles. The van der Waals surface area contributed by atoms with Crippen molar-refractivity contribution in [1.29, 1.82) is 0 Å². The summed E-state index contributed by atoms with van der Waals surface area (Å²) < 4.78 is 27.8. The molecular formula is C21H25N3O4S. The van der Waals surface area contributed by atoms with Gasteiger partial charge in [0.05, 0.1) is 4.90 Å². The maximum atomic E-state index is 13.2. The molecule has 8 heteroatoms. The zero-order valence-electron chi connectivity index (χ0n) is 16.5. The molecule has 29 heavy (non-hydrogen) atoms. The van der Waals surface area contributed by atoms with Crippen molar-refractivity contribution in [2.45, 2.75) is 37.6 Å². The van der Waals surface area contributed by atoms with Gasteiger partial charge in [-0.15, -0.1) is 0 Å². The molecule has 154 valence electrons. The Bertz CT molecular complexity index is 1010. The highest BCUT2D eigenvalue weighted by atomic mass is 32.2. The van der Waals surface area contributed by atoms with Crippen molar-refractivity contribution in [3.8, 4) is 0 Å². The van der Waals surface area contributed by atoms with E-state index >= 15 is 0 Å². The van der Waals surface area contributed by atoms with E-state index in [-0.39, 0.29) is 17.5 Å². The Morgan fingerprint density at radius 2 is 1.79 bits per heavy atom. The molecule has 1 aliphatic heterocycles. The molecule has 1 fully saturated rings. The van der Waals surface area contributed by atoms with Crippen LogP contribution in [-0.2, 0) is 19.6 Å². The number of hydrogen-bond acceptors (Lipinski definition) is 4. The largest absolute Gasteiger partial charge is 0.346 e. The summed E-state index contributed by atoms with van der Waals surface area (Å²) in [6.45, 7) is 4.11. The van der Waals surface area contributed by atoms with Crippen LogP contribution in [-0.4, -0.2) is 43.7 Å². The van der Waals surface area contributed by atoms with Crippen LogP contribution < -0.4 is 10.6 Å². The number of benzene rings is 2. The van der Waals surface area contributed by atoms with Gasteiger partial charge in [0.1, 0.15) is 0 Å². The van der Waals surface area contributed by atoms with E-state index in [0.29, 0.717) is 30.6 Å². The van der Waals surface area contributed by atoms with Crippen molar-refractivity contribution >= 4 is 27.5 Å². The third-order valence-corrected chi connectivity index (χ3v) is 7.08. The molecule has 3 rings (SSSR count). The highest BCUT2D eigenvalue weighted by molar-refractivity contribution is 7.89. The molecule has 2 aromatic carbocycles. The Morgan fingerprint density at radius 3 is 2.52 bits per heavy atom. The number of nitrogens with one attached hydrogen (secondary N) is 2. The molecule has 1 heterocycles. The number of hydrogen-bond donors (Lipinski definition) is 2. The lowest BCUT2D eigenvalue weighted by Gasteiger charge is -2.25. The second-order valence-electron chi connectivity index (χ2n) is 7.21. The average molecular weight is 416 g/mol. The fraction of sp³-hybridized carbons (Fsp3) is 0.333. The van der Waals surface area contributed by atoms with Crippen LogP contribution >= 0.6 is 0 Å². The second-order valence-corrected chi connectivity index (χ2v) is 9.07. The van der Waals surface area contributed by atoms with Crippen molar-refractivity contribution in [3.63, 3.8) is 0 Å². The first-order valence-corrected chi connectivity index (χ1v) is 11.0. The zero-order valence-corrected chi connectivity index (χ0v) is 17.3. The van der Waals surface area contributed by atoms with Gasteiger partial charge in [-0.1, -0.05) is 30.3 Å². The van der Waals surface area contributed by atoms with E-state index in [0.717, 1.165) is 5.56 Å². The minimum absolute atomic E-state index is 0.0884. The summed E-state index contributed by atoms with van der Waals surface area (Å²) in [7, 11) is -3.68. The van der Waals surface area contributed by atoms with Gasteiger partial charge in [-0.05, 0) is 56.0 Å². The number of sulfonamides is 1. The molecule has 0 aromatic heterocycles. The Kier molecular flexibility index (Phi) is 6.34. The monoisotopic (exact) mass is 415 g/mol. The topological polar surface area (TPSA) is 95.6 Å². The summed E-state index contributed by atoms with van der Waals surface area (Å²) in [6, 6.07) is 13.6. The maximum absolute atomic E-state index is 13.2. The third-order valence-electron chi connectivity index (χ3n) is 4.99. The molecular weight excluding hydrogens is 390 g/mol. The van der Waals surface area contributed by atoms with Crippen molar-refractivity contribution in [3.05, 3.63) is 59.7 Å². The second kappa shape index (κ2) is 8.75. The van der Waals surface area contributed by atoms with E-state index in [4.69, 9.17) is 0 Å². The quantitative estimate of drug-likeness (QED) is 0.732. The molecule has 7 nitrogen and oxygen atoms in total. The lowest BCUT2D eigenvalue weighted by atomic mass is 10.2. The van der Waals surface area contributed by atoms with Crippen LogP contribution in [0.1, 0.15) is 24.0 Å². The van der Waals surface area contributed by atoms with Crippen LogP contribution in [0.25, 0.3) is 0 Å². The highest BCUT2D eigenvalue weighted by Crippen LogP contribution is 2.28. The maximum Gasteiger partial charge on any atom is 0.313 e. The SMILES string of the molecule is Cc1ccc(C)c(S(=O)(=O)N2CCC[C@@H]2CNC(=O)C(=O)Nc2ccccc2)c1. The molecule has 0 radical (unpaired) electrons. The van der Waals surface area contributed by atoms with E-state index in [9.17, 15) is 18.0 Å². The van der Waals surface area contributed by atoms with Crippen LogP contribution in [0.4, 0.5) is 5.69 Å². The minimum Gasteiger partial charge on any atom is -0.346 e. The van der Waals surface area contributed by atoms with Crippen LogP contribution in [0.15, 0.2) is 53.4 Å². The van der Waals surface area contributed by atoms with E-state index < -0.39 is 21.8 Å². The molecule has 2 N–H and O–H groups in total. The van der Waals surface area contributed by atoms with Gasteiger partial charge >= 0.3 is 11.8 Å². The summed E-state index contributed by atoms with van der Waals surface area (Å²) >= 11 is 0. The Balaban J connectivity index is 1.66. The first-order valence-electron chi connectivity index (χ1n) is 9.52. The summed E-state index contributed by atoms with van der Waals surface area (Å²) in [4.78, 5) is 24.5. The average Bonchev–Trinajstić information content (AvgIpc) is 3.18. The van der Waals surface area contributed by atoms with E-state index in [2.05, 4.69) is 10.6 Å². The fourth-order valence-electron chi connectivity index (χ4n) is 3.44. The van der Waals surface area contributed by atoms with E-state index in [1.807, 2.05) is 13.0 Å². The van der Waals surface area contributed by atoms with Crippen molar-refractivity contribution in [2.24, 2.45) is 0 Å². The summed E-state index contributed by atoms with van der Waals surface area (Å²) in [5, 5.41) is 5.08. The number of amides is 2. The first kappa shape index (κ1) is 21.0. The van der Waals surface area contributed by atoms with Gasteiger partial charge in [0.2, 0.25) is 10.0 Å². The molecule has 0 spiro atoms. The van der Waals surface area contributed by atoms with Crippen molar-refractivity contribution in [1.82, 2.24) is 9.62 Å². The molecule has 2 amide bonds. The molecule has 2 aromatic rings. The van der Waals surface area contributed by atoms with Crippen LogP contribution in [0.5, 0.6) is 0 Å². The van der Waals surface area contributed by atoms with Gasteiger partial charge in [-0.2, -0.15) is 4.31 Å². The minimum atomic E-state index is -3.68. The van der Waals surface area contributed by atoms with Crippen molar-refractivity contribution in [2.75, 3.05) is 18.4 Å². The van der Waals surface area contributed by atoms with Crippen LogP contribution in [0.3, 0.4) is 0 Å². The van der Waals surface area contributed by atoms with E-state index in [1.165, 1.54) is 4.31 Å². The molecule has 1 aliphatic rings. The normalized spacial score (nSPS) is 17.1. The zero-order chi connectivity index (χ0) is 21.0. The van der Waals surface area contributed by atoms with Crippen LogP contribution in [0, 0.1) is 13.8 Å². The number of aryl methyl sites for hydroxylation is 2. The number of anilines is 1. The summed E-state index contributed by atoms with van der Waals surface area (Å²) in [5.41, 5.74) is 2.08. The highest BCUT2D eigenvalue weighted by Gasteiger charge is 2.36. The first-order chi connectivity index (χ1) is 13.8. The fourth-order valence-corrected chi connectivity index (χ4v) is 5.45. The van der Waals surface area contributed by atoms with E-state index in [1.54, 1.807) is 49.4 Å². The Hall–Kier alpha value is -2.71. The third kappa shape index (κ3) is 4.83. The number of rotatable bonds is 5. The Labute approximate surface area is 171 Å². The number of carbonyl (C=O) groups excluding carboxylic acids is 2. The number of para-hydroxylation sites is 1. The summed E-state index contributed by atoms with van der Waals surface area (Å²) in [6.07, 6.45) is 1.34. The number of carbonyl (C=O) groups is 2. The van der Waals surface area contributed by atoms with Gasteiger partial charge < -0.3 is 10.6 Å². The molecule has 1 saturated heterocycles. The molecule has 1 atom stereocenters. The lowest BCUT2D eigenvalue weighted by Crippen LogP contribution is -2.45. The van der Waals surface area contributed by atoms with Gasteiger partial charge in [-0.25, -0.2) is 8.42 Å². The number of nitrogens with zero attached hydrogens (tertiary/aromatic N) is 1. The predicted octanol–water partition coefficient (Wildman–Crippen LogP) is 2.21. The standard InChI is InChI=1S/C21H25N3O4S/c1-15-10-11-16(2)19(13-15)29(27,28)24-12-6-9-18(24)14-22-20(25)21(26)23-17-7-4-3-5-8-17/h3-5,7-8,10-11,13,18H,6,9,12,14H2,1-2H3,(H,22,25)(H,23,26)/t18-/m1/s1. The van der Waals surface area contributed by atoms with Gasteiger partial charge in [0.15, 0.2) is 0 Å². The molecule has 0 bridgehead atoms. The van der Waals surface area contributed by atoms with Gasteiger partial charge in [0, 0.05) is 24.8 Å². The van der Waals surface area contributed by atoms with Crippen molar-refractivity contribution < 1.29 is 18.0 Å². The lowest BCUT2D eigenvalue weighted by molar-refractivity contribution is -0.136. The smallest absolute Gasteiger partial charge is 0.313 e. The molecule has 0 unspecified atom stereocenters.